The van der Waals surface area contributed by atoms with Gasteiger partial charge in [-0.25, -0.2) is 4.98 Å². The van der Waals surface area contributed by atoms with Gasteiger partial charge >= 0.3 is 5.97 Å². The predicted octanol–water partition coefficient (Wildman–Crippen LogP) is 0.861. The molecule has 2 atom stereocenters. The second kappa shape index (κ2) is 10.5. The Morgan fingerprint density at radius 2 is 2.11 bits per heavy atom. The van der Waals surface area contributed by atoms with Crippen LogP contribution in [-0.2, 0) is 20.9 Å². The van der Waals surface area contributed by atoms with Crippen LogP contribution in [-0.4, -0.2) is 57.8 Å². The van der Waals surface area contributed by atoms with Crippen molar-refractivity contribution in [3.63, 3.8) is 0 Å². The number of aliphatic hydroxyl groups excluding tert-OH is 1. The highest BCUT2D eigenvalue weighted by molar-refractivity contribution is 5.76. The van der Waals surface area contributed by atoms with Gasteiger partial charge in [-0.1, -0.05) is 19.4 Å². The average Bonchev–Trinajstić information content (AvgIpc) is 2.62. The van der Waals surface area contributed by atoms with Gasteiger partial charge in [-0.05, 0) is 24.5 Å². The molecule has 2 heterocycles. The second-order valence-electron chi connectivity index (χ2n) is 6.46. The van der Waals surface area contributed by atoms with Gasteiger partial charge in [0.2, 0.25) is 5.91 Å². The van der Waals surface area contributed by atoms with Crippen LogP contribution in [0.4, 0.5) is 5.82 Å². The van der Waals surface area contributed by atoms with Crippen LogP contribution >= 0.6 is 0 Å². The van der Waals surface area contributed by atoms with Crippen molar-refractivity contribution >= 4 is 24.2 Å². The first-order valence-corrected chi connectivity index (χ1v) is 8.74. The first kappa shape index (κ1) is 22.4. The summed E-state index contributed by atoms with van der Waals surface area (Å²) < 4.78 is 0. The van der Waals surface area contributed by atoms with E-state index in [1.54, 1.807) is 6.20 Å². The number of nitrogens with zero attached hydrogens (tertiary/aromatic N) is 2. The fourth-order valence-electron chi connectivity index (χ4n) is 3.21. The van der Waals surface area contributed by atoms with E-state index in [1.807, 2.05) is 24.0 Å². The number of aliphatic carboxylic acids is 1. The van der Waals surface area contributed by atoms with E-state index >= 15 is 0 Å². The smallest absolute Gasteiger partial charge is 0.312 e. The number of hydrogen-bond donors (Lipinski definition) is 4. The van der Waals surface area contributed by atoms with Gasteiger partial charge in [0, 0.05) is 32.8 Å². The third-order valence-corrected chi connectivity index (χ3v) is 4.66. The Morgan fingerprint density at radius 3 is 2.56 bits per heavy atom. The lowest BCUT2D eigenvalue weighted by Gasteiger charge is -2.43. The number of carbonyl (C=O) groups is 3. The molecule has 9 heteroatoms. The average molecular weight is 381 g/mol. The molecule has 1 amide bonds. The predicted molar refractivity (Wildman–Crippen MR) is 98.3 cm³/mol. The number of amides is 1. The van der Waals surface area contributed by atoms with Crippen molar-refractivity contribution in [3.05, 3.63) is 23.9 Å². The van der Waals surface area contributed by atoms with Crippen LogP contribution < -0.4 is 10.2 Å². The maximum atomic E-state index is 11.7. The van der Waals surface area contributed by atoms with Gasteiger partial charge in [0.15, 0.2) is 0 Å². The quantitative estimate of drug-likeness (QED) is 0.532. The molecule has 27 heavy (non-hydrogen) atoms. The summed E-state index contributed by atoms with van der Waals surface area (Å²) in [5.41, 5.74) is -0.172. The Morgan fingerprint density at radius 1 is 1.44 bits per heavy atom. The maximum Gasteiger partial charge on any atom is 0.312 e. The summed E-state index contributed by atoms with van der Waals surface area (Å²) in [4.78, 5) is 37.2. The number of hydrogen-bond acceptors (Lipinski definition) is 6. The van der Waals surface area contributed by atoms with Gasteiger partial charge < -0.3 is 25.5 Å². The third-order valence-electron chi connectivity index (χ3n) is 4.66. The van der Waals surface area contributed by atoms with Crippen LogP contribution in [0.5, 0.6) is 0 Å². The van der Waals surface area contributed by atoms with Crippen LogP contribution in [0.2, 0.25) is 0 Å². The van der Waals surface area contributed by atoms with E-state index in [4.69, 9.17) is 9.90 Å². The van der Waals surface area contributed by atoms with Crippen molar-refractivity contribution in [2.75, 3.05) is 18.0 Å². The molecule has 0 radical (unpaired) electrons. The van der Waals surface area contributed by atoms with Crippen molar-refractivity contribution in [1.29, 1.82) is 0 Å². The monoisotopic (exact) mass is 381 g/mol. The van der Waals surface area contributed by atoms with Crippen LogP contribution in [0.3, 0.4) is 0 Å². The highest BCUT2D eigenvalue weighted by atomic mass is 16.4. The molecule has 9 nitrogen and oxygen atoms in total. The number of rotatable bonds is 6. The summed E-state index contributed by atoms with van der Waals surface area (Å²) >= 11 is 0. The number of anilines is 1. The Balaban J connectivity index is 0.00000114. The van der Waals surface area contributed by atoms with E-state index in [1.165, 1.54) is 6.92 Å². The molecule has 150 valence electrons. The molecule has 2 rings (SSSR count). The molecule has 0 saturated carbocycles. The molecule has 1 aromatic rings. The summed E-state index contributed by atoms with van der Waals surface area (Å²) in [5, 5.41) is 29.6. The molecule has 1 aliphatic rings. The number of nitrogens with one attached hydrogen (secondary N) is 1. The first-order chi connectivity index (χ1) is 12.8. The first-order valence-electron chi connectivity index (χ1n) is 8.74. The summed E-state index contributed by atoms with van der Waals surface area (Å²) in [5.74, 6) is -0.314. The van der Waals surface area contributed by atoms with Crippen LogP contribution in [0, 0.1) is 5.41 Å². The minimum atomic E-state index is -1.06. The number of carbonyl (C=O) groups excluding carboxylic acids is 1. The lowest BCUT2D eigenvalue weighted by Crippen LogP contribution is -2.55. The van der Waals surface area contributed by atoms with Gasteiger partial charge in [0.1, 0.15) is 5.82 Å². The molecule has 0 aliphatic carbocycles. The van der Waals surface area contributed by atoms with Crippen molar-refractivity contribution in [3.8, 4) is 0 Å². The van der Waals surface area contributed by atoms with Crippen molar-refractivity contribution in [1.82, 2.24) is 10.3 Å². The Kier molecular flexibility index (Phi) is 8.67. The molecule has 4 N–H and O–H groups in total. The van der Waals surface area contributed by atoms with E-state index in [-0.39, 0.29) is 18.9 Å². The number of pyridine rings is 1. The van der Waals surface area contributed by atoms with Crippen LogP contribution in [0.25, 0.3) is 0 Å². The zero-order chi connectivity index (χ0) is 20.4. The fourth-order valence-corrected chi connectivity index (χ4v) is 3.21. The maximum absolute atomic E-state index is 11.7. The Hall–Kier alpha value is -2.68. The number of carboxylic acids is 1. The van der Waals surface area contributed by atoms with E-state index in [0.717, 1.165) is 12.0 Å². The number of piperidine rings is 1. The number of β-amino-alcohol motifs (C(OH)–C–C–N with tert-alkyl or cyclic N) is 1. The fraction of sp³-hybridized carbons (Fsp3) is 0.556. The van der Waals surface area contributed by atoms with Crippen LogP contribution in [0.1, 0.15) is 38.7 Å². The summed E-state index contributed by atoms with van der Waals surface area (Å²) in [6.07, 6.45) is 2.35. The third kappa shape index (κ3) is 5.92. The molecular formula is C18H27N3O6. The lowest BCUT2D eigenvalue weighted by atomic mass is 9.73. The summed E-state index contributed by atoms with van der Waals surface area (Å²) in [6, 6.07) is 3.70. The van der Waals surface area contributed by atoms with Gasteiger partial charge in [-0.2, -0.15) is 0 Å². The van der Waals surface area contributed by atoms with Crippen LogP contribution in [0.15, 0.2) is 18.3 Å². The van der Waals surface area contributed by atoms with Crippen molar-refractivity contribution in [2.24, 2.45) is 5.41 Å². The lowest BCUT2D eigenvalue weighted by molar-refractivity contribution is -0.159. The molecule has 0 unspecified atom stereocenters. The van der Waals surface area contributed by atoms with Crippen molar-refractivity contribution in [2.45, 2.75) is 45.8 Å². The standard InChI is InChI=1S/C17H25N3O4.CH2O2/c1-3-6-17(16(23)24)7-8-20(11-14(17)22)15-5-4-13(10-19-15)9-18-12(2)21;2-1-3/h4-5,10,14,22H,3,6-9,11H2,1-2H3,(H,18,21)(H,23,24);1H,(H,2,3)/t14-,17-;/m0./s1. The molecule has 0 aromatic carbocycles. The van der Waals surface area contributed by atoms with E-state index in [0.29, 0.717) is 31.7 Å². The van der Waals surface area contributed by atoms with Crippen molar-refractivity contribution < 1.29 is 29.7 Å². The minimum absolute atomic E-state index is 0.0980. The normalized spacial score (nSPS) is 21.6. The van der Waals surface area contributed by atoms with Gasteiger partial charge in [-0.3, -0.25) is 14.4 Å². The molecule has 0 bridgehead atoms. The highest BCUT2D eigenvalue weighted by Gasteiger charge is 2.48. The Labute approximate surface area is 158 Å². The van der Waals surface area contributed by atoms with Gasteiger partial charge in [0.05, 0.1) is 11.5 Å². The zero-order valence-electron chi connectivity index (χ0n) is 15.6. The van der Waals surface area contributed by atoms with E-state index in [9.17, 15) is 19.8 Å². The van der Waals surface area contributed by atoms with E-state index < -0.39 is 17.5 Å². The van der Waals surface area contributed by atoms with Gasteiger partial charge in [-0.15, -0.1) is 0 Å². The summed E-state index contributed by atoms with van der Waals surface area (Å²) in [7, 11) is 0. The highest BCUT2D eigenvalue weighted by Crippen LogP contribution is 2.37. The number of aliphatic hydroxyl groups is 1. The minimum Gasteiger partial charge on any atom is -0.483 e. The molecular weight excluding hydrogens is 354 g/mol. The van der Waals surface area contributed by atoms with E-state index in [2.05, 4.69) is 10.3 Å². The Bertz CT molecular complexity index is 636. The topological polar surface area (TPSA) is 140 Å². The van der Waals surface area contributed by atoms with Gasteiger partial charge in [0.25, 0.3) is 6.47 Å². The molecule has 0 spiro atoms. The second-order valence-corrected chi connectivity index (χ2v) is 6.46. The number of aromatic nitrogens is 1. The summed E-state index contributed by atoms with van der Waals surface area (Å²) in [6.45, 7) is 4.36. The number of carboxylic acid groups (broad SMARTS) is 2. The molecule has 1 aliphatic heterocycles. The molecule has 1 saturated heterocycles. The largest absolute Gasteiger partial charge is 0.483 e. The molecule has 1 fully saturated rings. The zero-order valence-corrected chi connectivity index (χ0v) is 15.6. The SMILES string of the molecule is CCC[C@]1(C(=O)O)CCN(c2ccc(CNC(C)=O)cn2)C[C@@H]1O.O=CO. The molecule has 1 aromatic heterocycles.